The van der Waals surface area contributed by atoms with E-state index < -0.39 is 0 Å². The van der Waals surface area contributed by atoms with Gasteiger partial charge in [-0.05, 0) is 48.2 Å². The fraction of sp³-hybridized carbons (Fsp3) is 0.176. The Morgan fingerprint density at radius 1 is 0.944 bits per heavy atom. The zero-order valence-electron chi connectivity index (χ0n) is 9.99. The van der Waals surface area contributed by atoms with E-state index >= 15 is 0 Å². The summed E-state index contributed by atoms with van der Waals surface area (Å²) in [5.41, 5.74) is 4.76. The van der Waals surface area contributed by atoms with Crippen molar-refractivity contribution in [3.63, 3.8) is 0 Å². The number of hydrogen-bond acceptors (Lipinski definition) is 0. The maximum atomic E-state index is 6.23. The van der Waals surface area contributed by atoms with Crippen molar-refractivity contribution in [1.82, 2.24) is 0 Å². The summed E-state index contributed by atoms with van der Waals surface area (Å²) >= 11 is 6.23. The van der Waals surface area contributed by atoms with Crippen molar-refractivity contribution in [3.05, 3.63) is 70.8 Å². The lowest BCUT2D eigenvalue weighted by Gasteiger charge is -2.02. The average Bonchev–Trinajstić information content (AvgIpc) is 2.79. The van der Waals surface area contributed by atoms with Gasteiger partial charge in [0.25, 0.3) is 0 Å². The first kappa shape index (κ1) is 11.4. The molecular weight excluding hydrogens is 240 g/mol. The Labute approximate surface area is 113 Å². The molecule has 1 aliphatic carbocycles. The summed E-state index contributed by atoms with van der Waals surface area (Å²) in [7, 11) is 0. The van der Waals surface area contributed by atoms with Crippen LogP contribution in [0.3, 0.4) is 0 Å². The summed E-state index contributed by atoms with van der Waals surface area (Å²) in [6, 6.07) is 16.4. The zero-order valence-corrected chi connectivity index (χ0v) is 10.7. The van der Waals surface area contributed by atoms with Gasteiger partial charge in [0.15, 0.2) is 0 Å². The summed E-state index contributed by atoms with van der Waals surface area (Å²) in [4.78, 5) is 0. The van der Waals surface area contributed by atoms with Crippen LogP contribution >= 0.6 is 11.6 Å². The van der Waals surface area contributed by atoms with E-state index in [1.165, 1.54) is 11.1 Å². The molecule has 1 heteroatoms. The van der Waals surface area contributed by atoms with E-state index in [9.17, 15) is 0 Å². The second kappa shape index (κ2) is 4.88. The van der Waals surface area contributed by atoms with E-state index in [2.05, 4.69) is 30.0 Å². The monoisotopic (exact) mass is 252 g/mol. The molecule has 18 heavy (non-hydrogen) atoms. The van der Waals surface area contributed by atoms with Crippen LogP contribution in [-0.2, 0) is 6.42 Å². The number of fused-ring (bicyclic) bond motifs is 1. The predicted molar refractivity (Wildman–Crippen MR) is 75.8 cm³/mol. The minimum Gasteiger partial charge on any atom is -0.118 e. The molecule has 0 nitrogen and oxygen atoms in total. The molecule has 2 aromatic carbocycles. The second-order valence-electron chi connectivity index (χ2n) is 4.54. The molecule has 3 rings (SSSR count). The third kappa shape index (κ3) is 2.28. The summed E-state index contributed by atoms with van der Waals surface area (Å²) in [5.74, 6) is 6.39. The molecule has 0 radical (unpaired) electrons. The fourth-order valence-corrected chi connectivity index (χ4v) is 2.63. The van der Waals surface area contributed by atoms with Gasteiger partial charge in [-0.3, -0.25) is 0 Å². The van der Waals surface area contributed by atoms with Gasteiger partial charge in [-0.15, -0.1) is 11.6 Å². The molecular formula is C17H13Cl. The van der Waals surface area contributed by atoms with E-state index in [0.29, 0.717) is 0 Å². The highest BCUT2D eigenvalue weighted by molar-refractivity contribution is 6.21. The topological polar surface area (TPSA) is 0 Å². The van der Waals surface area contributed by atoms with Crippen LogP contribution in [0.4, 0.5) is 0 Å². The minimum absolute atomic E-state index is 0.191. The number of aryl methyl sites for hydroxylation is 1. The van der Waals surface area contributed by atoms with E-state index in [-0.39, 0.29) is 5.38 Å². The average molecular weight is 253 g/mol. The van der Waals surface area contributed by atoms with Crippen LogP contribution in [0.5, 0.6) is 0 Å². The first-order valence-electron chi connectivity index (χ1n) is 6.17. The Balaban J connectivity index is 1.89. The maximum absolute atomic E-state index is 6.23. The molecule has 0 saturated carbocycles. The molecule has 1 aliphatic rings. The predicted octanol–water partition coefficient (Wildman–Crippen LogP) is 4.31. The molecule has 0 bridgehead atoms. The van der Waals surface area contributed by atoms with Gasteiger partial charge >= 0.3 is 0 Å². The lowest BCUT2D eigenvalue weighted by molar-refractivity contribution is 0.882. The summed E-state index contributed by atoms with van der Waals surface area (Å²) in [6.07, 6.45) is 2.12. The third-order valence-electron chi connectivity index (χ3n) is 3.27. The Morgan fingerprint density at radius 3 is 2.56 bits per heavy atom. The normalized spacial score (nSPS) is 16.8. The van der Waals surface area contributed by atoms with Crippen molar-refractivity contribution in [2.45, 2.75) is 18.2 Å². The van der Waals surface area contributed by atoms with Crippen LogP contribution in [0.2, 0.25) is 0 Å². The highest BCUT2D eigenvalue weighted by Crippen LogP contribution is 2.36. The Morgan fingerprint density at radius 2 is 1.72 bits per heavy atom. The van der Waals surface area contributed by atoms with Gasteiger partial charge in [0.05, 0.1) is 5.38 Å². The van der Waals surface area contributed by atoms with Crippen molar-refractivity contribution < 1.29 is 0 Å². The molecule has 0 fully saturated rings. The molecule has 0 amide bonds. The van der Waals surface area contributed by atoms with Crippen LogP contribution in [0.25, 0.3) is 0 Å². The first-order chi connectivity index (χ1) is 8.83. The lowest BCUT2D eigenvalue weighted by Crippen LogP contribution is -1.85. The van der Waals surface area contributed by atoms with E-state index in [0.717, 1.165) is 24.0 Å². The van der Waals surface area contributed by atoms with Crippen molar-refractivity contribution in [3.8, 4) is 11.8 Å². The number of halogens is 1. The molecule has 0 N–H and O–H groups in total. The quantitative estimate of drug-likeness (QED) is 0.484. The van der Waals surface area contributed by atoms with Crippen LogP contribution in [0.15, 0.2) is 48.5 Å². The lowest BCUT2D eigenvalue weighted by atomic mass is 10.1. The van der Waals surface area contributed by atoms with Crippen LogP contribution in [0, 0.1) is 11.8 Å². The van der Waals surface area contributed by atoms with Gasteiger partial charge in [-0.25, -0.2) is 0 Å². The highest BCUT2D eigenvalue weighted by atomic mass is 35.5. The molecule has 0 aliphatic heterocycles. The highest BCUT2D eigenvalue weighted by Gasteiger charge is 2.19. The Bertz CT molecular complexity index is 617. The van der Waals surface area contributed by atoms with Crippen molar-refractivity contribution >= 4 is 11.6 Å². The molecule has 88 valence electrons. The van der Waals surface area contributed by atoms with Gasteiger partial charge in [0, 0.05) is 11.1 Å². The van der Waals surface area contributed by atoms with Crippen molar-refractivity contribution in [1.29, 1.82) is 0 Å². The van der Waals surface area contributed by atoms with Gasteiger partial charge < -0.3 is 0 Å². The molecule has 2 aromatic rings. The van der Waals surface area contributed by atoms with Crippen LogP contribution in [-0.4, -0.2) is 0 Å². The maximum Gasteiger partial charge on any atom is 0.0591 e. The molecule has 1 unspecified atom stereocenters. The largest absolute Gasteiger partial charge is 0.118 e. The number of benzene rings is 2. The number of hydrogen-bond donors (Lipinski definition) is 0. The van der Waals surface area contributed by atoms with Crippen molar-refractivity contribution in [2.24, 2.45) is 0 Å². The summed E-state index contributed by atoms with van der Waals surface area (Å²) in [5, 5.41) is 0.191. The molecule has 0 saturated heterocycles. The second-order valence-corrected chi connectivity index (χ2v) is 5.06. The van der Waals surface area contributed by atoms with Crippen LogP contribution < -0.4 is 0 Å². The molecule has 1 atom stereocenters. The van der Waals surface area contributed by atoms with E-state index in [4.69, 9.17) is 11.6 Å². The minimum atomic E-state index is 0.191. The van der Waals surface area contributed by atoms with Gasteiger partial charge in [-0.1, -0.05) is 36.1 Å². The van der Waals surface area contributed by atoms with E-state index in [1.54, 1.807) is 0 Å². The first-order valence-corrected chi connectivity index (χ1v) is 6.60. The number of rotatable bonds is 0. The molecule has 0 spiro atoms. The fourth-order valence-electron chi connectivity index (χ4n) is 2.31. The third-order valence-corrected chi connectivity index (χ3v) is 3.73. The Hall–Kier alpha value is -1.71. The zero-order chi connectivity index (χ0) is 12.4. The van der Waals surface area contributed by atoms with Crippen LogP contribution in [0.1, 0.15) is 34.1 Å². The molecule has 0 heterocycles. The molecule has 0 aromatic heterocycles. The van der Waals surface area contributed by atoms with Gasteiger partial charge in [-0.2, -0.15) is 0 Å². The SMILES string of the molecule is ClC1CCc2cc(C#Cc3ccccc3)ccc21. The van der Waals surface area contributed by atoms with Crippen molar-refractivity contribution in [2.75, 3.05) is 0 Å². The Kier molecular flexibility index (Phi) is 3.09. The summed E-state index contributed by atoms with van der Waals surface area (Å²) in [6.45, 7) is 0. The van der Waals surface area contributed by atoms with Gasteiger partial charge in [0.1, 0.15) is 0 Å². The summed E-state index contributed by atoms with van der Waals surface area (Å²) < 4.78 is 0. The number of alkyl halides is 1. The van der Waals surface area contributed by atoms with E-state index in [1.807, 2.05) is 30.3 Å². The van der Waals surface area contributed by atoms with Gasteiger partial charge in [0.2, 0.25) is 0 Å². The smallest absolute Gasteiger partial charge is 0.0591 e. The standard InChI is InChI=1S/C17H13Cl/c18-17-11-9-15-12-14(8-10-16(15)17)7-6-13-4-2-1-3-5-13/h1-5,8,10,12,17H,9,11H2.